The Morgan fingerprint density at radius 1 is 1.05 bits per heavy atom. The number of hydrogen-bond donors (Lipinski definition) is 1. The Bertz CT molecular complexity index is 624. The minimum atomic E-state index is -4.79. The Labute approximate surface area is 111 Å². The Kier molecular flexibility index (Phi) is 3.71. The molecular weight excluding hydrogens is 279 g/mol. The molecule has 7 heteroatoms. The quantitative estimate of drug-likeness (QED) is 0.860. The van der Waals surface area contributed by atoms with E-state index in [0.717, 1.165) is 12.1 Å². The highest BCUT2D eigenvalue weighted by molar-refractivity contribution is 5.32. The molecule has 0 saturated carbocycles. The summed E-state index contributed by atoms with van der Waals surface area (Å²) in [7, 11) is 0. The second kappa shape index (κ2) is 5.16. The van der Waals surface area contributed by atoms with Crippen LogP contribution >= 0.6 is 0 Å². The number of nitrogens with zero attached hydrogens (tertiary/aromatic N) is 1. The van der Waals surface area contributed by atoms with Crippen molar-refractivity contribution in [3.63, 3.8) is 0 Å². The van der Waals surface area contributed by atoms with Crippen molar-refractivity contribution in [2.75, 3.05) is 0 Å². The van der Waals surface area contributed by atoms with E-state index >= 15 is 0 Å². The first-order valence-corrected chi connectivity index (χ1v) is 5.53. The third-order valence-corrected chi connectivity index (χ3v) is 2.74. The number of benzene rings is 1. The van der Waals surface area contributed by atoms with Gasteiger partial charge in [0.2, 0.25) is 0 Å². The normalized spacial score (nSPS) is 13.3. The fourth-order valence-corrected chi connectivity index (χ4v) is 1.74. The summed E-state index contributed by atoms with van der Waals surface area (Å²) in [5.74, 6) is -2.16. The summed E-state index contributed by atoms with van der Waals surface area (Å²) < 4.78 is 64.2. The third-order valence-electron chi connectivity index (χ3n) is 2.74. The number of alkyl halides is 3. The zero-order chi connectivity index (χ0) is 14.9. The number of nitrogens with two attached hydrogens (primary N) is 1. The van der Waals surface area contributed by atoms with Gasteiger partial charge in [-0.05, 0) is 29.8 Å². The molecule has 1 heterocycles. The second-order valence-corrected chi connectivity index (χ2v) is 4.09. The van der Waals surface area contributed by atoms with Gasteiger partial charge in [-0.15, -0.1) is 0 Å². The van der Waals surface area contributed by atoms with Gasteiger partial charge in [-0.25, -0.2) is 8.78 Å². The Balaban J connectivity index is 2.40. The van der Waals surface area contributed by atoms with Crippen molar-refractivity contribution in [2.45, 2.75) is 12.2 Å². The van der Waals surface area contributed by atoms with Crippen LogP contribution in [0.3, 0.4) is 0 Å². The lowest BCUT2D eigenvalue weighted by Crippen LogP contribution is -2.17. The van der Waals surface area contributed by atoms with Crippen LogP contribution in [0.2, 0.25) is 0 Å². The molecule has 0 fully saturated rings. The highest BCUT2D eigenvalue weighted by Gasteiger charge is 2.34. The number of pyridine rings is 1. The first-order chi connectivity index (χ1) is 9.30. The van der Waals surface area contributed by atoms with E-state index in [0.29, 0.717) is 12.1 Å². The molecular formula is C13H9F5N2. The molecule has 0 unspecified atom stereocenters. The molecule has 0 radical (unpaired) electrons. The molecule has 2 aromatic rings. The van der Waals surface area contributed by atoms with Gasteiger partial charge in [-0.2, -0.15) is 13.2 Å². The second-order valence-electron chi connectivity index (χ2n) is 4.09. The zero-order valence-corrected chi connectivity index (χ0v) is 9.96. The van der Waals surface area contributed by atoms with Gasteiger partial charge in [-0.1, -0.05) is 6.07 Å². The molecule has 2 nitrogen and oxygen atoms in total. The molecule has 106 valence electrons. The number of hydrogen-bond acceptors (Lipinski definition) is 2. The van der Waals surface area contributed by atoms with Gasteiger partial charge in [0.25, 0.3) is 0 Å². The lowest BCUT2D eigenvalue weighted by atomic mass is 10.0. The molecule has 0 aliphatic carbocycles. The van der Waals surface area contributed by atoms with Crippen LogP contribution in [0.1, 0.15) is 22.9 Å². The molecule has 1 aromatic heterocycles. The van der Waals surface area contributed by atoms with Gasteiger partial charge in [0.05, 0.1) is 17.3 Å². The smallest absolute Gasteiger partial charge is 0.319 e. The summed E-state index contributed by atoms with van der Waals surface area (Å²) in [5.41, 5.74) is 4.15. The van der Waals surface area contributed by atoms with E-state index in [4.69, 9.17) is 5.73 Å². The highest BCUT2D eigenvalue weighted by atomic mass is 19.4. The van der Waals surface area contributed by atoms with Gasteiger partial charge in [-0.3, -0.25) is 4.98 Å². The fourth-order valence-electron chi connectivity index (χ4n) is 1.74. The average molecular weight is 288 g/mol. The number of aromatic nitrogens is 1. The van der Waals surface area contributed by atoms with Gasteiger partial charge < -0.3 is 5.73 Å². The predicted molar refractivity (Wildman–Crippen MR) is 61.6 cm³/mol. The van der Waals surface area contributed by atoms with E-state index in [1.54, 1.807) is 0 Å². The molecule has 1 atom stereocenters. The summed E-state index contributed by atoms with van der Waals surface area (Å²) in [6.07, 6.45) is -3.50. The Morgan fingerprint density at radius 3 is 2.30 bits per heavy atom. The van der Waals surface area contributed by atoms with E-state index < -0.39 is 29.4 Å². The predicted octanol–water partition coefficient (Wildman–Crippen LogP) is 3.43. The van der Waals surface area contributed by atoms with Crippen molar-refractivity contribution in [3.05, 3.63) is 65.0 Å². The fraction of sp³-hybridized carbons (Fsp3) is 0.154. The summed E-state index contributed by atoms with van der Waals surface area (Å²) in [6.45, 7) is 0. The van der Waals surface area contributed by atoms with E-state index in [-0.39, 0.29) is 11.3 Å². The summed E-state index contributed by atoms with van der Waals surface area (Å²) >= 11 is 0. The van der Waals surface area contributed by atoms with E-state index in [9.17, 15) is 22.0 Å². The van der Waals surface area contributed by atoms with Crippen LogP contribution in [-0.4, -0.2) is 4.98 Å². The van der Waals surface area contributed by atoms with E-state index in [2.05, 4.69) is 4.98 Å². The van der Waals surface area contributed by atoms with Gasteiger partial charge in [0.15, 0.2) is 0 Å². The molecule has 0 saturated heterocycles. The van der Waals surface area contributed by atoms with Crippen LogP contribution in [0.4, 0.5) is 22.0 Å². The lowest BCUT2D eigenvalue weighted by Gasteiger charge is -2.14. The molecule has 0 bridgehead atoms. The van der Waals surface area contributed by atoms with Crippen LogP contribution < -0.4 is 5.73 Å². The molecule has 2 N–H and O–H groups in total. The zero-order valence-electron chi connectivity index (χ0n) is 9.96. The summed E-state index contributed by atoms with van der Waals surface area (Å²) in [5, 5.41) is 0. The maximum atomic E-state index is 13.5. The molecule has 0 aliphatic heterocycles. The van der Waals surface area contributed by atoms with Crippen molar-refractivity contribution in [3.8, 4) is 0 Å². The minimum Gasteiger partial charge on any atom is -0.319 e. The highest BCUT2D eigenvalue weighted by Crippen LogP contribution is 2.32. The molecule has 0 amide bonds. The van der Waals surface area contributed by atoms with Crippen LogP contribution in [0.5, 0.6) is 0 Å². The molecule has 1 aromatic carbocycles. The lowest BCUT2D eigenvalue weighted by molar-refractivity contribution is -0.140. The molecule has 2 rings (SSSR count). The van der Waals surface area contributed by atoms with Gasteiger partial charge in [0.1, 0.15) is 11.6 Å². The standard InChI is InChI=1S/C13H9F5N2/c14-9-2-1-5-20-12(9)11(19)7-3-4-8(10(15)6-7)13(16,17)18/h1-6,11H,19H2/t11-/m0/s1. The number of halogens is 5. The van der Waals surface area contributed by atoms with Gasteiger partial charge >= 0.3 is 6.18 Å². The number of rotatable bonds is 2. The third kappa shape index (κ3) is 2.77. The first-order valence-electron chi connectivity index (χ1n) is 5.53. The van der Waals surface area contributed by atoms with E-state index in [1.165, 1.54) is 12.3 Å². The Hall–Kier alpha value is -2.02. The van der Waals surface area contributed by atoms with Crippen LogP contribution in [0.25, 0.3) is 0 Å². The monoisotopic (exact) mass is 288 g/mol. The maximum Gasteiger partial charge on any atom is 0.419 e. The van der Waals surface area contributed by atoms with Crippen LogP contribution in [0, 0.1) is 11.6 Å². The van der Waals surface area contributed by atoms with Crippen LogP contribution in [0.15, 0.2) is 36.5 Å². The summed E-state index contributed by atoms with van der Waals surface area (Å²) in [4.78, 5) is 3.71. The summed E-state index contributed by atoms with van der Waals surface area (Å²) in [6, 6.07) is 3.53. The van der Waals surface area contributed by atoms with Crippen LogP contribution in [-0.2, 0) is 6.18 Å². The molecule has 0 spiro atoms. The topological polar surface area (TPSA) is 38.9 Å². The Morgan fingerprint density at radius 2 is 1.75 bits per heavy atom. The SMILES string of the molecule is N[C@@H](c1ccc(C(F)(F)F)c(F)c1)c1ncccc1F. The van der Waals surface area contributed by atoms with Crippen molar-refractivity contribution in [1.29, 1.82) is 0 Å². The van der Waals surface area contributed by atoms with Gasteiger partial charge in [0, 0.05) is 6.20 Å². The van der Waals surface area contributed by atoms with E-state index in [1.807, 2.05) is 0 Å². The van der Waals surface area contributed by atoms with Crippen molar-refractivity contribution in [1.82, 2.24) is 4.98 Å². The average Bonchev–Trinajstić information content (AvgIpc) is 2.37. The largest absolute Gasteiger partial charge is 0.419 e. The first kappa shape index (κ1) is 14.4. The van der Waals surface area contributed by atoms with Crippen molar-refractivity contribution < 1.29 is 22.0 Å². The minimum absolute atomic E-state index is 0.00750. The molecule has 0 aliphatic rings. The molecule has 20 heavy (non-hydrogen) atoms. The maximum absolute atomic E-state index is 13.5. The van der Waals surface area contributed by atoms with Crippen molar-refractivity contribution in [2.24, 2.45) is 5.73 Å². The van der Waals surface area contributed by atoms with Crippen molar-refractivity contribution >= 4 is 0 Å².